The Bertz CT molecular complexity index is 883. The van der Waals surface area contributed by atoms with Crippen LogP contribution < -0.4 is 5.01 Å². The van der Waals surface area contributed by atoms with E-state index in [2.05, 4.69) is 10.1 Å². The van der Waals surface area contributed by atoms with Gasteiger partial charge >= 0.3 is 6.18 Å². The largest absolute Gasteiger partial charge is 0.439 e. The van der Waals surface area contributed by atoms with Gasteiger partial charge in [-0.1, -0.05) is 30.7 Å². The number of alkyl halides is 3. The molecule has 2 aliphatic rings. The summed E-state index contributed by atoms with van der Waals surface area (Å²) >= 11 is 6.90. The molecule has 3 atom stereocenters. The molecule has 0 unspecified atom stereocenters. The van der Waals surface area contributed by atoms with Crippen molar-refractivity contribution < 1.29 is 18.3 Å². The fourth-order valence-electron chi connectivity index (χ4n) is 3.71. The van der Waals surface area contributed by atoms with Gasteiger partial charge in [-0.15, -0.1) is 11.3 Å². The van der Waals surface area contributed by atoms with E-state index in [0.29, 0.717) is 27.9 Å². The average Bonchev–Trinajstić information content (AvgIpc) is 3.19. The van der Waals surface area contributed by atoms with Crippen LogP contribution in [0.1, 0.15) is 26.2 Å². The Balaban J connectivity index is 1.74. The molecule has 1 saturated carbocycles. The van der Waals surface area contributed by atoms with Gasteiger partial charge in [0.25, 0.3) is 5.72 Å². The predicted molar refractivity (Wildman–Crippen MR) is 100.0 cm³/mol. The van der Waals surface area contributed by atoms with Crippen molar-refractivity contribution in [3.63, 3.8) is 0 Å². The first kappa shape index (κ1) is 18.7. The molecule has 0 spiro atoms. The minimum atomic E-state index is -4.86. The van der Waals surface area contributed by atoms with Gasteiger partial charge < -0.3 is 5.11 Å². The Morgan fingerprint density at radius 2 is 2.00 bits per heavy atom. The molecule has 2 aromatic rings. The topological polar surface area (TPSA) is 48.7 Å². The Labute approximate surface area is 163 Å². The maximum atomic E-state index is 14.0. The molecule has 4 nitrogen and oxygen atoms in total. The van der Waals surface area contributed by atoms with Crippen molar-refractivity contribution in [2.75, 3.05) is 5.01 Å². The van der Waals surface area contributed by atoms with E-state index in [-0.39, 0.29) is 17.5 Å². The third kappa shape index (κ3) is 3.03. The maximum Gasteiger partial charge on any atom is 0.439 e. The monoisotopic (exact) mass is 415 g/mol. The first-order valence-corrected chi connectivity index (χ1v) is 9.84. The van der Waals surface area contributed by atoms with E-state index in [1.54, 1.807) is 29.6 Å². The predicted octanol–water partition coefficient (Wildman–Crippen LogP) is 5.33. The second-order valence-electron chi connectivity index (χ2n) is 7.08. The number of hydrazone groups is 1. The van der Waals surface area contributed by atoms with E-state index in [1.165, 1.54) is 0 Å². The van der Waals surface area contributed by atoms with Gasteiger partial charge in [-0.2, -0.15) is 23.3 Å². The molecule has 1 aromatic heterocycles. The lowest BCUT2D eigenvalue weighted by molar-refractivity contribution is -0.269. The first-order valence-electron chi connectivity index (χ1n) is 8.58. The number of nitrogens with zero attached hydrogens (tertiary/aromatic N) is 3. The molecule has 0 radical (unpaired) electrons. The summed E-state index contributed by atoms with van der Waals surface area (Å²) in [5.41, 5.74) is -1.42. The van der Waals surface area contributed by atoms with Crippen molar-refractivity contribution >= 4 is 33.8 Å². The fraction of sp³-hybridized carbons (Fsp3) is 0.444. The van der Waals surface area contributed by atoms with Gasteiger partial charge in [-0.25, -0.2) is 4.98 Å². The van der Waals surface area contributed by atoms with Crippen molar-refractivity contribution in [1.29, 1.82) is 0 Å². The number of aliphatic hydroxyl groups is 1. The van der Waals surface area contributed by atoms with E-state index < -0.39 is 17.8 Å². The van der Waals surface area contributed by atoms with Crippen molar-refractivity contribution in [2.45, 2.75) is 38.1 Å². The van der Waals surface area contributed by atoms with Crippen LogP contribution in [-0.4, -0.2) is 27.7 Å². The highest BCUT2D eigenvalue weighted by atomic mass is 35.5. The molecule has 1 aromatic carbocycles. The number of thiazole rings is 1. The number of hydrogen-bond donors (Lipinski definition) is 1. The van der Waals surface area contributed by atoms with Gasteiger partial charge in [-0.05, 0) is 37.3 Å². The Hall–Kier alpha value is -1.64. The lowest BCUT2D eigenvalue weighted by Crippen LogP contribution is -2.60. The van der Waals surface area contributed by atoms with E-state index in [4.69, 9.17) is 11.6 Å². The minimum Gasteiger partial charge on any atom is -0.362 e. The van der Waals surface area contributed by atoms with Crippen LogP contribution in [0.25, 0.3) is 11.3 Å². The summed E-state index contributed by atoms with van der Waals surface area (Å²) in [5, 5.41) is 17.9. The van der Waals surface area contributed by atoms with E-state index in [1.807, 2.05) is 6.92 Å². The first-order chi connectivity index (χ1) is 12.7. The molecule has 0 bridgehead atoms. The Morgan fingerprint density at radius 1 is 1.30 bits per heavy atom. The molecule has 9 heteroatoms. The van der Waals surface area contributed by atoms with E-state index >= 15 is 0 Å². The SMILES string of the molecule is C[C@H]1CCC2=NN(c3nc(-c4ccc(Cl)cc4)cs3)[C@@](O)(C(F)(F)F)[C@@H]2C1. The standard InChI is InChI=1S/C18H17ClF3N3OS/c1-10-2-7-14-13(8-10)17(26,18(20,21)22)25(24-14)16-23-15(9-27-16)11-3-5-12(19)6-4-11/h3-6,9-10,13,26H,2,7-8H2,1H3/t10-,13+,17-/m0/s1. The van der Waals surface area contributed by atoms with Crippen molar-refractivity contribution in [3.8, 4) is 11.3 Å². The van der Waals surface area contributed by atoms with Crippen LogP contribution in [0.2, 0.25) is 5.02 Å². The van der Waals surface area contributed by atoms with Crippen LogP contribution in [0, 0.1) is 11.8 Å². The summed E-state index contributed by atoms with van der Waals surface area (Å²) in [6.45, 7) is 1.90. The van der Waals surface area contributed by atoms with E-state index in [9.17, 15) is 18.3 Å². The fourth-order valence-corrected chi connectivity index (χ4v) is 4.68. The van der Waals surface area contributed by atoms with Crippen molar-refractivity contribution in [3.05, 3.63) is 34.7 Å². The Morgan fingerprint density at radius 3 is 2.67 bits per heavy atom. The smallest absolute Gasteiger partial charge is 0.362 e. The molecule has 0 saturated heterocycles. The third-order valence-corrected chi connectivity index (χ3v) is 6.27. The highest BCUT2D eigenvalue weighted by Gasteiger charge is 2.68. The molecule has 27 heavy (non-hydrogen) atoms. The summed E-state index contributed by atoms with van der Waals surface area (Å²) in [5.74, 6) is -0.965. The zero-order valence-corrected chi connectivity index (χ0v) is 15.9. The van der Waals surface area contributed by atoms with Crippen LogP contribution >= 0.6 is 22.9 Å². The normalized spacial score (nSPS) is 28.2. The van der Waals surface area contributed by atoms with Gasteiger partial charge in [0.05, 0.1) is 11.6 Å². The number of benzene rings is 1. The van der Waals surface area contributed by atoms with Crippen LogP contribution in [-0.2, 0) is 0 Å². The molecular formula is C18H17ClF3N3OS. The molecule has 2 heterocycles. The summed E-state index contributed by atoms with van der Waals surface area (Å²) in [4.78, 5) is 4.31. The summed E-state index contributed by atoms with van der Waals surface area (Å²) in [6.07, 6.45) is -3.38. The summed E-state index contributed by atoms with van der Waals surface area (Å²) < 4.78 is 41.9. The third-order valence-electron chi connectivity index (χ3n) is 5.20. The molecule has 4 rings (SSSR count). The summed E-state index contributed by atoms with van der Waals surface area (Å²) in [7, 11) is 0. The van der Waals surface area contributed by atoms with Crippen LogP contribution in [0.15, 0.2) is 34.7 Å². The second kappa shape index (κ2) is 6.46. The van der Waals surface area contributed by atoms with E-state index in [0.717, 1.165) is 23.3 Å². The highest BCUT2D eigenvalue weighted by molar-refractivity contribution is 7.14. The number of halogens is 4. The molecule has 1 fully saturated rings. The van der Waals surface area contributed by atoms with Gasteiger partial charge in [0, 0.05) is 21.7 Å². The lowest BCUT2D eigenvalue weighted by atomic mass is 9.76. The molecular weight excluding hydrogens is 399 g/mol. The van der Waals surface area contributed by atoms with Crippen LogP contribution in [0.4, 0.5) is 18.3 Å². The van der Waals surface area contributed by atoms with Crippen LogP contribution in [0.5, 0.6) is 0 Å². The number of anilines is 1. The quantitative estimate of drug-likeness (QED) is 0.721. The number of fused-ring (bicyclic) bond motifs is 1. The molecule has 1 aliphatic heterocycles. The zero-order chi connectivity index (χ0) is 19.4. The maximum absolute atomic E-state index is 14.0. The van der Waals surface area contributed by atoms with Gasteiger partial charge in [-0.3, -0.25) is 0 Å². The molecule has 144 valence electrons. The average molecular weight is 416 g/mol. The highest BCUT2D eigenvalue weighted by Crippen LogP contribution is 2.51. The molecule has 1 aliphatic carbocycles. The number of hydrogen-bond acceptors (Lipinski definition) is 5. The van der Waals surface area contributed by atoms with Gasteiger partial charge in [0.15, 0.2) is 0 Å². The number of rotatable bonds is 2. The second-order valence-corrected chi connectivity index (χ2v) is 8.35. The van der Waals surface area contributed by atoms with Gasteiger partial charge in [0.1, 0.15) is 0 Å². The van der Waals surface area contributed by atoms with Crippen molar-refractivity contribution in [1.82, 2.24) is 4.98 Å². The lowest BCUT2D eigenvalue weighted by Gasteiger charge is -2.39. The number of aromatic nitrogens is 1. The minimum absolute atomic E-state index is 0.0225. The Kier molecular flexibility index (Phi) is 4.48. The zero-order valence-electron chi connectivity index (χ0n) is 14.4. The van der Waals surface area contributed by atoms with Crippen LogP contribution in [0.3, 0.4) is 0 Å². The summed E-state index contributed by atoms with van der Waals surface area (Å²) in [6, 6.07) is 6.87. The van der Waals surface area contributed by atoms with Crippen molar-refractivity contribution in [2.24, 2.45) is 16.9 Å². The van der Waals surface area contributed by atoms with Gasteiger partial charge in [0.2, 0.25) is 5.13 Å². The molecule has 0 amide bonds. The molecule has 1 N–H and O–H groups in total.